The summed E-state index contributed by atoms with van der Waals surface area (Å²) in [5, 5.41) is 3.04. The summed E-state index contributed by atoms with van der Waals surface area (Å²) in [7, 11) is 0. The molecule has 0 bridgehead atoms. The smallest absolute Gasteiger partial charge is 0.159 e. The molecule has 128 valence electrons. The summed E-state index contributed by atoms with van der Waals surface area (Å²) >= 11 is 4.89. The zero-order valence-electron chi connectivity index (χ0n) is 15.3. The molecule has 0 radical (unpaired) electrons. The van der Waals surface area contributed by atoms with Crippen LogP contribution in [0.5, 0.6) is 0 Å². The number of pyridine rings is 1. The second-order valence-corrected chi connectivity index (χ2v) is 7.36. The van der Waals surface area contributed by atoms with Gasteiger partial charge in [-0.2, -0.15) is 0 Å². The van der Waals surface area contributed by atoms with Gasteiger partial charge in [0.05, 0.1) is 4.99 Å². The zero-order valence-corrected chi connectivity index (χ0v) is 16.1. The summed E-state index contributed by atoms with van der Waals surface area (Å²) in [4.78, 5) is 15.8. The molecule has 0 saturated heterocycles. The molecule has 0 spiro atoms. The Bertz CT molecular complexity index is 700. The van der Waals surface area contributed by atoms with Crippen molar-refractivity contribution in [3.63, 3.8) is 0 Å². The average molecular weight is 343 g/mol. The highest BCUT2D eigenvalue weighted by Gasteiger charge is 2.13. The molecule has 0 amide bonds. The zero-order chi connectivity index (χ0) is 18.3. The number of hydrogen-bond acceptors (Lipinski definition) is 3. The van der Waals surface area contributed by atoms with E-state index in [4.69, 9.17) is 12.2 Å². The first kappa shape index (κ1) is 20.0. The van der Waals surface area contributed by atoms with Crippen molar-refractivity contribution < 1.29 is 4.79 Å². The maximum absolute atomic E-state index is 11.0. The summed E-state index contributed by atoms with van der Waals surface area (Å²) in [6.07, 6.45) is 1.76. The Morgan fingerprint density at radius 1 is 1.08 bits per heavy atom. The fraction of sp³-hybridized carbons (Fsp3) is 0.350. The summed E-state index contributed by atoms with van der Waals surface area (Å²) in [5.74, 6) is 0.125. The van der Waals surface area contributed by atoms with Crippen molar-refractivity contribution in [2.24, 2.45) is 0 Å². The number of carbonyl (C=O) groups excluding carboxylic acids is 1. The lowest BCUT2D eigenvalue weighted by molar-refractivity contribution is 0.101. The molecule has 1 aromatic heterocycles. The van der Waals surface area contributed by atoms with Gasteiger partial charge >= 0.3 is 0 Å². The molecule has 1 aromatic carbocycles. The van der Waals surface area contributed by atoms with Crippen molar-refractivity contribution >= 4 is 28.7 Å². The lowest BCUT2D eigenvalue weighted by Crippen LogP contribution is -2.10. The van der Waals surface area contributed by atoms with E-state index in [2.05, 4.69) is 31.1 Å². The molecule has 24 heavy (non-hydrogen) atoms. The fourth-order valence-electron chi connectivity index (χ4n) is 2.03. The summed E-state index contributed by atoms with van der Waals surface area (Å²) in [6, 6.07) is 11.7. The van der Waals surface area contributed by atoms with E-state index in [0.29, 0.717) is 0 Å². The van der Waals surface area contributed by atoms with Gasteiger partial charge in [-0.15, -0.1) is 0 Å². The Morgan fingerprint density at radius 2 is 1.67 bits per heavy atom. The highest BCUT2D eigenvalue weighted by molar-refractivity contribution is 7.80. The number of nitrogens with one attached hydrogen (secondary N) is 1. The minimum atomic E-state index is 0.125. The first-order valence-corrected chi connectivity index (χ1v) is 8.32. The van der Waals surface area contributed by atoms with Gasteiger partial charge in [0.1, 0.15) is 0 Å². The molecule has 0 unspecified atom stereocenters. The fourth-order valence-corrected chi connectivity index (χ4v) is 2.15. The van der Waals surface area contributed by atoms with Gasteiger partial charge in [-0.05, 0) is 43.9 Å². The number of ketones is 1. The van der Waals surface area contributed by atoms with E-state index in [9.17, 15) is 4.79 Å². The van der Waals surface area contributed by atoms with Crippen LogP contribution >= 0.6 is 12.2 Å². The van der Waals surface area contributed by atoms with Gasteiger partial charge in [0.2, 0.25) is 0 Å². The number of hydrogen-bond donors (Lipinski definition) is 1. The maximum atomic E-state index is 11.0. The average Bonchev–Trinajstić information content (AvgIpc) is 2.46. The summed E-state index contributed by atoms with van der Waals surface area (Å²) in [6.45, 7) is 11.9. The molecule has 0 fully saturated rings. The molecule has 4 heteroatoms. The topological polar surface area (TPSA) is 42.0 Å². The van der Waals surface area contributed by atoms with Gasteiger partial charge in [0.15, 0.2) is 5.78 Å². The second-order valence-electron chi connectivity index (χ2n) is 6.75. The van der Waals surface area contributed by atoms with Crippen molar-refractivity contribution in [3.05, 3.63) is 59.4 Å². The van der Waals surface area contributed by atoms with Crippen molar-refractivity contribution in [2.45, 2.75) is 47.0 Å². The molecule has 0 aliphatic heterocycles. The Labute approximate surface area is 150 Å². The van der Waals surface area contributed by atoms with Crippen molar-refractivity contribution in [3.8, 4) is 0 Å². The van der Waals surface area contributed by atoms with Crippen LogP contribution in [0.25, 0.3) is 0 Å². The molecule has 3 nitrogen and oxygen atoms in total. The predicted molar refractivity (Wildman–Crippen MR) is 106 cm³/mol. The SMILES string of the molecule is CC(=O)c1ccc(C(C)(C)C)cc1.CC(=S)Nc1ccnc(C)c1. The van der Waals surface area contributed by atoms with Gasteiger partial charge in [0, 0.05) is 23.1 Å². The first-order chi connectivity index (χ1) is 11.1. The molecule has 0 saturated carbocycles. The molecule has 2 rings (SSSR count). The third kappa shape index (κ3) is 7.01. The van der Waals surface area contributed by atoms with E-state index >= 15 is 0 Å². The molecular formula is C20H26N2OS. The normalized spacial score (nSPS) is 10.4. The summed E-state index contributed by atoms with van der Waals surface area (Å²) < 4.78 is 0. The van der Waals surface area contributed by atoms with Gasteiger partial charge in [0.25, 0.3) is 0 Å². The third-order valence-corrected chi connectivity index (χ3v) is 3.48. The molecule has 1 heterocycles. The van der Waals surface area contributed by atoms with Crippen LogP contribution < -0.4 is 5.32 Å². The number of aryl methyl sites for hydroxylation is 1. The lowest BCUT2D eigenvalue weighted by Gasteiger charge is -2.18. The van der Waals surface area contributed by atoms with Gasteiger partial charge in [-0.25, -0.2) is 0 Å². The van der Waals surface area contributed by atoms with Crippen LogP contribution in [-0.4, -0.2) is 15.8 Å². The van der Waals surface area contributed by atoms with Crippen LogP contribution in [0.4, 0.5) is 5.69 Å². The number of benzene rings is 1. The molecular weight excluding hydrogens is 316 g/mol. The quantitative estimate of drug-likeness (QED) is 0.591. The van der Waals surface area contributed by atoms with Crippen LogP contribution in [0, 0.1) is 6.92 Å². The van der Waals surface area contributed by atoms with Crippen molar-refractivity contribution in [1.29, 1.82) is 0 Å². The lowest BCUT2D eigenvalue weighted by atomic mass is 9.86. The molecule has 2 aromatic rings. The Hall–Kier alpha value is -2.07. The molecule has 0 aliphatic rings. The first-order valence-electron chi connectivity index (χ1n) is 7.91. The van der Waals surface area contributed by atoms with Crippen LogP contribution in [0.15, 0.2) is 42.6 Å². The molecule has 0 aliphatic carbocycles. The van der Waals surface area contributed by atoms with Crippen LogP contribution in [-0.2, 0) is 5.41 Å². The van der Waals surface area contributed by atoms with E-state index in [1.54, 1.807) is 13.1 Å². The highest BCUT2D eigenvalue weighted by Crippen LogP contribution is 2.22. The third-order valence-electron chi connectivity index (χ3n) is 3.37. The Kier molecular flexibility index (Phi) is 7.23. The number of rotatable bonds is 2. The van der Waals surface area contributed by atoms with Crippen LogP contribution in [0.2, 0.25) is 0 Å². The number of thiocarbonyl (C=S) groups is 1. The standard InChI is InChI=1S/C12H16O.C8H10N2S/c1-9(13)10-5-7-11(8-6-10)12(2,3)4;1-6-5-8(3-4-9-6)10-7(2)11/h5-8H,1-4H3;3-5H,1-2H3,(H,9,10,11). The van der Waals surface area contributed by atoms with E-state index in [1.165, 1.54) is 5.56 Å². The predicted octanol–water partition coefficient (Wildman–Crippen LogP) is 5.34. The number of anilines is 1. The van der Waals surface area contributed by atoms with Crippen LogP contribution in [0.1, 0.15) is 56.2 Å². The largest absolute Gasteiger partial charge is 0.350 e. The van der Waals surface area contributed by atoms with E-state index in [-0.39, 0.29) is 11.2 Å². The van der Waals surface area contributed by atoms with E-state index in [1.807, 2.05) is 50.2 Å². The monoisotopic (exact) mass is 342 g/mol. The number of Topliss-reactive ketones (excluding diaryl/α,β-unsaturated/α-hetero) is 1. The number of nitrogens with zero attached hydrogens (tertiary/aromatic N) is 1. The van der Waals surface area contributed by atoms with Crippen molar-refractivity contribution in [1.82, 2.24) is 4.98 Å². The molecule has 0 atom stereocenters. The minimum absolute atomic E-state index is 0.125. The maximum Gasteiger partial charge on any atom is 0.159 e. The van der Waals surface area contributed by atoms with Crippen LogP contribution in [0.3, 0.4) is 0 Å². The van der Waals surface area contributed by atoms with Gasteiger partial charge in [-0.1, -0.05) is 57.3 Å². The van der Waals surface area contributed by atoms with Crippen molar-refractivity contribution in [2.75, 3.05) is 5.32 Å². The number of aromatic nitrogens is 1. The van der Waals surface area contributed by atoms with Gasteiger partial charge < -0.3 is 5.32 Å². The highest BCUT2D eigenvalue weighted by atomic mass is 32.1. The number of carbonyl (C=O) groups is 1. The van der Waals surface area contributed by atoms with E-state index < -0.39 is 0 Å². The van der Waals surface area contributed by atoms with E-state index in [0.717, 1.165) is 21.9 Å². The summed E-state index contributed by atoms with van der Waals surface area (Å²) in [5.41, 5.74) is 4.21. The van der Waals surface area contributed by atoms with Gasteiger partial charge in [-0.3, -0.25) is 9.78 Å². The minimum Gasteiger partial charge on any atom is -0.350 e. The molecule has 1 N–H and O–H groups in total. The Balaban J connectivity index is 0.000000243. The second kappa shape index (κ2) is 8.69. The Morgan fingerprint density at radius 3 is 2.08 bits per heavy atom.